The Morgan fingerprint density at radius 2 is 2.06 bits per heavy atom. The molecular formula is C14H27NO2. The van der Waals surface area contributed by atoms with Gasteiger partial charge < -0.3 is 10.8 Å². The summed E-state index contributed by atoms with van der Waals surface area (Å²) in [5.74, 6) is 0.452. The molecule has 0 spiro atoms. The van der Waals surface area contributed by atoms with Crippen LogP contribution in [0.2, 0.25) is 0 Å². The lowest BCUT2D eigenvalue weighted by Gasteiger charge is -2.23. The van der Waals surface area contributed by atoms with E-state index in [1.165, 1.54) is 38.5 Å². The standard InChI is InChI=1S/C14H27NO2/c1-11(10-14(2,15)13(16)17)6-5-9-12-7-3-4-8-12/h11-12H,3-10,15H2,1-2H3,(H,16,17)/t11-,14+/m0/s1. The Morgan fingerprint density at radius 3 is 2.59 bits per heavy atom. The van der Waals surface area contributed by atoms with E-state index in [1.54, 1.807) is 6.92 Å². The number of nitrogens with two attached hydrogens (primary N) is 1. The van der Waals surface area contributed by atoms with E-state index in [0.717, 1.165) is 12.3 Å². The molecule has 0 amide bonds. The van der Waals surface area contributed by atoms with E-state index in [2.05, 4.69) is 6.92 Å². The summed E-state index contributed by atoms with van der Waals surface area (Å²) in [6.07, 6.45) is 9.83. The molecule has 1 fully saturated rings. The Morgan fingerprint density at radius 1 is 1.47 bits per heavy atom. The molecule has 2 atom stereocenters. The second kappa shape index (κ2) is 6.39. The highest BCUT2D eigenvalue weighted by Crippen LogP contribution is 2.30. The Balaban J connectivity index is 2.16. The number of carboxylic acids is 1. The average Bonchev–Trinajstić information content (AvgIpc) is 2.69. The van der Waals surface area contributed by atoms with E-state index in [-0.39, 0.29) is 0 Å². The molecule has 0 unspecified atom stereocenters. The van der Waals surface area contributed by atoms with Crippen LogP contribution in [0, 0.1) is 11.8 Å². The monoisotopic (exact) mass is 241 g/mol. The van der Waals surface area contributed by atoms with Crippen LogP contribution >= 0.6 is 0 Å². The van der Waals surface area contributed by atoms with Gasteiger partial charge in [-0.25, -0.2) is 0 Å². The quantitative estimate of drug-likeness (QED) is 0.719. The summed E-state index contributed by atoms with van der Waals surface area (Å²) in [4.78, 5) is 10.9. The molecule has 0 heterocycles. The summed E-state index contributed by atoms with van der Waals surface area (Å²) in [5, 5.41) is 8.96. The van der Waals surface area contributed by atoms with E-state index in [0.29, 0.717) is 12.3 Å². The zero-order valence-corrected chi connectivity index (χ0v) is 11.2. The van der Waals surface area contributed by atoms with Gasteiger partial charge in [0.1, 0.15) is 5.54 Å². The fourth-order valence-electron chi connectivity index (χ4n) is 2.97. The van der Waals surface area contributed by atoms with Crippen LogP contribution in [0.4, 0.5) is 0 Å². The van der Waals surface area contributed by atoms with Gasteiger partial charge in [-0.15, -0.1) is 0 Å². The summed E-state index contributed by atoms with van der Waals surface area (Å²) < 4.78 is 0. The van der Waals surface area contributed by atoms with Gasteiger partial charge in [0.15, 0.2) is 0 Å². The minimum absolute atomic E-state index is 0.405. The van der Waals surface area contributed by atoms with Crippen molar-refractivity contribution in [2.24, 2.45) is 17.6 Å². The van der Waals surface area contributed by atoms with Crippen LogP contribution in [0.15, 0.2) is 0 Å². The molecule has 100 valence electrons. The van der Waals surface area contributed by atoms with Gasteiger partial charge in [-0.05, 0) is 25.2 Å². The van der Waals surface area contributed by atoms with Gasteiger partial charge in [-0.3, -0.25) is 4.79 Å². The minimum atomic E-state index is -1.06. The molecular weight excluding hydrogens is 214 g/mol. The Hall–Kier alpha value is -0.570. The molecule has 3 heteroatoms. The lowest BCUT2D eigenvalue weighted by molar-refractivity contribution is -0.143. The van der Waals surface area contributed by atoms with Crippen LogP contribution in [0.25, 0.3) is 0 Å². The number of hydrogen-bond acceptors (Lipinski definition) is 2. The Labute approximate surface area is 105 Å². The van der Waals surface area contributed by atoms with Crippen molar-refractivity contribution in [2.75, 3.05) is 0 Å². The van der Waals surface area contributed by atoms with Gasteiger partial charge >= 0.3 is 5.97 Å². The number of carbonyl (C=O) groups is 1. The largest absolute Gasteiger partial charge is 0.480 e. The molecule has 0 radical (unpaired) electrons. The van der Waals surface area contributed by atoms with Crippen LogP contribution < -0.4 is 5.73 Å². The molecule has 1 saturated carbocycles. The number of aliphatic carboxylic acids is 1. The van der Waals surface area contributed by atoms with Crippen LogP contribution in [-0.4, -0.2) is 16.6 Å². The second-order valence-corrected chi connectivity index (χ2v) is 6.11. The smallest absolute Gasteiger partial charge is 0.323 e. The molecule has 0 aliphatic heterocycles. The fourth-order valence-corrected chi connectivity index (χ4v) is 2.97. The van der Waals surface area contributed by atoms with Gasteiger partial charge in [0, 0.05) is 0 Å². The lowest BCUT2D eigenvalue weighted by atomic mass is 9.87. The molecule has 0 aromatic heterocycles. The van der Waals surface area contributed by atoms with Crippen molar-refractivity contribution < 1.29 is 9.90 Å². The van der Waals surface area contributed by atoms with Crippen molar-refractivity contribution in [1.82, 2.24) is 0 Å². The van der Waals surface area contributed by atoms with Crippen LogP contribution in [0.5, 0.6) is 0 Å². The molecule has 1 aliphatic carbocycles. The molecule has 0 saturated heterocycles. The van der Waals surface area contributed by atoms with Gasteiger partial charge in [0.05, 0.1) is 0 Å². The first-order valence-electron chi connectivity index (χ1n) is 6.94. The third-order valence-electron chi connectivity index (χ3n) is 4.05. The van der Waals surface area contributed by atoms with Crippen molar-refractivity contribution in [3.05, 3.63) is 0 Å². The van der Waals surface area contributed by atoms with Gasteiger partial charge in [-0.2, -0.15) is 0 Å². The highest BCUT2D eigenvalue weighted by Gasteiger charge is 2.29. The number of carboxylic acid groups (broad SMARTS) is 1. The topological polar surface area (TPSA) is 63.3 Å². The zero-order valence-electron chi connectivity index (χ0n) is 11.2. The average molecular weight is 241 g/mol. The molecule has 1 rings (SSSR count). The predicted molar refractivity (Wildman–Crippen MR) is 69.8 cm³/mol. The normalized spacial score (nSPS) is 22.3. The fraction of sp³-hybridized carbons (Fsp3) is 0.929. The summed E-state index contributed by atoms with van der Waals surface area (Å²) >= 11 is 0. The van der Waals surface area contributed by atoms with Crippen molar-refractivity contribution >= 4 is 5.97 Å². The third-order valence-corrected chi connectivity index (χ3v) is 4.05. The number of rotatable bonds is 7. The zero-order chi connectivity index (χ0) is 12.9. The third kappa shape index (κ3) is 5.07. The molecule has 0 aromatic rings. The summed E-state index contributed by atoms with van der Waals surface area (Å²) in [5.41, 5.74) is 4.69. The Kier molecular flexibility index (Phi) is 5.44. The van der Waals surface area contributed by atoms with Crippen LogP contribution in [0.3, 0.4) is 0 Å². The highest BCUT2D eigenvalue weighted by molar-refractivity contribution is 5.77. The van der Waals surface area contributed by atoms with Crippen molar-refractivity contribution in [1.29, 1.82) is 0 Å². The first-order chi connectivity index (χ1) is 7.92. The maximum absolute atomic E-state index is 10.9. The maximum Gasteiger partial charge on any atom is 0.323 e. The summed E-state index contributed by atoms with van der Waals surface area (Å²) in [7, 11) is 0. The predicted octanol–water partition coefficient (Wildman–Crippen LogP) is 3.18. The first kappa shape index (κ1) is 14.5. The highest BCUT2D eigenvalue weighted by atomic mass is 16.4. The summed E-state index contributed by atoms with van der Waals surface area (Å²) in [6, 6.07) is 0. The molecule has 1 aliphatic rings. The van der Waals surface area contributed by atoms with E-state index < -0.39 is 11.5 Å². The summed E-state index contributed by atoms with van der Waals surface area (Å²) in [6.45, 7) is 3.73. The van der Waals surface area contributed by atoms with Crippen molar-refractivity contribution in [3.8, 4) is 0 Å². The van der Waals surface area contributed by atoms with Crippen molar-refractivity contribution in [3.63, 3.8) is 0 Å². The number of hydrogen-bond donors (Lipinski definition) is 2. The van der Waals surface area contributed by atoms with Gasteiger partial charge in [0.2, 0.25) is 0 Å². The molecule has 17 heavy (non-hydrogen) atoms. The molecule has 0 bridgehead atoms. The minimum Gasteiger partial charge on any atom is -0.480 e. The van der Waals surface area contributed by atoms with Crippen LogP contribution in [0.1, 0.15) is 65.2 Å². The van der Waals surface area contributed by atoms with E-state index >= 15 is 0 Å². The van der Waals surface area contributed by atoms with Crippen LogP contribution in [-0.2, 0) is 4.79 Å². The SMILES string of the molecule is C[C@@H](CCCC1CCCC1)C[C@@](C)(N)C(=O)O. The van der Waals surface area contributed by atoms with E-state index in [1.807, 2.05) is 0 Å². The maximum atomic E-state index is 10.9. The van der Waals surface area contributed by atoms with Gasteiger partial charge in [-0.1, -0.05) is 51.9 Å². The van der Waals surface area contributed by atoms with E-state index in [9.17, 15) is 4.79 Å². The molecule has 3 nitrogen and oxygen atoms in total. The lowest BCUT2D eigenvalue weighted by Crippen LogP contribution is -2.46. The Bertz CT molecular complexity index is 245. The second-order valence-electron chi connectivity index (χ2n) is 6.11. The van der Waals surface area contributed by atoms with Crippen molar-refractivity contribution in [2.45, 2.75) is 70.8 Å². The molecule has 3 N–H and O–H groups in total. The first-order valence-corrected chi connectivity index (χ1v) is 6.94. The molecule has 0 aromatic carbocycles. The van der Waals surface area contributed by atoms with Gasteiger partial charge in [0.25, 0.3) is 0 Å². The van der Waals surface area contributed by atoms with E-state index in [4.69, 9.17) is 10.8 Å².